The monoisotopic (exact) mass is 324 g/mol. The molecule has 0 aromatic carbocycles. The molecule has 0 aliphatic rings. The van der Waals surface area contributed by atoms with Gasteiger partial charge in [0.25, 0.3) is 0 Å². The minimum absolute atomic E-state index is 0.422. The predicted molar refractivity (Wildman–Crippen MR) is 103 cm³/mol. The van der Waals surface area contributed by atoms with E-state index in [0.29, 0.717) is 23.7 Å². The van der Waals surface area contributed by atoms with Gasteiger partial charge in [0.2, 0.25) is 0 Å². The van der Waals surface area contributed by atoms with Crippen molar-refractivity contribution in [2.24, 2.45) is 0 Å². The highest BCUT2D eigenvalue weighted by Crippen LogP contribution is 2.26. The van der Waals surface area contributed by atoms with Gasteiger partial charge in [0.1, 0.15) is 0 Å². The summed E-state index contributed by atoms with van der Waals surface area (Å²) in [6.45, 7) is 15.7. The molecule has 0 fully saturated rings. The van der Waals surface area contributed by atoms with Crippen molar-refractivity contribution < 1.29 is 0 Å². The predicted octanol–water partition coefficient (Wildman–Crippen LogP) is 6.19. The number of nitrogens with zero attached hydrogens (tertiary/aromatic N) is 2. The molecule has 2 aromatic rings. The van der Waals surface area contributed by atoms with Crippen LogP contribution >= 0.6 is 0 Å². The van der Waals surface area contributed by atoms with Crippen molar-refractivity contribution in [2.45, 2.75) is 78.6 Å². The van der Waals surface area contributed by atoms with Crippen LogP contribution in [0, 0.1) is 0 Å². The molecule has 2 aromatic heterocycles. The van der Waals surface area contributed by atoms with Crippen LogP contribution in [-0.2, 0) is 6.42 Å². The quantitative estimate of drug-likeness (QED) is 0.633. The minimum atomic E-state index is 0.422. The number of aromatic nitrogens is 2. The first-order valence-corrected chi connectivity index (χ1v) is 9.23. The summed E-state index contributed by atoms with van der Waals surface area (Å²) in [5.74, 6) is 1.93. The maximum Gasteiger partial charge on any atom is 0.0435 e. The van der Waals surface area contributed by atoms with Gasteiger partial charge in [-0.2, -0.15) is 0 Å². The van der Waals surface area contributed by atoms with Crippen LogP contribution in [0.1, 0.15) is 100 Å². The zero-order valence-electron chi connectivity index (χ0n) is 16.3. The standard InChI is InChI=1S/C22H32N2/c1-14(2)18-10-21(24-22(11-18)16(5)6)8-17(7)20-9-19(15(3)4)12-23-13-20/h9-17H,8H2,1-7H3. The van der Waals surface area contributed by atoms with E-state index in [2.05, 4.69) is 71.6 Å². The molecule has 0 N–H and O–H groups in total. The van der Waals surface area contributed by atoms with Gasteiger partial charge in [-0.25, -0.2) is 0 Å². The topological polar surface area (TPSA) is 25.8 Å². The molecule has 0 saturated heterocycles. The number of rotatable bonds is 6. The third-order valence-electron chi connectivity index (χ3n) is 4.71. The second kappa shape index (κ2) is 7.92. The molecule has 2 nitrogen and oxygen atoms in total. The average molecular weight is 325 g/mol. The highest BCUT2D eigenvalue weighted by atomic mass is 14.7. The summed E-state index contributed by atoms with van der Waals surface area (Å²) in [4.78, 5) is 9.36. The molecule has 0 radical (unpaired) electrons. The van der Waals surface area contributed by atoms with E-state index in [1.54, 1.807) is 0 Å². The van der Waals surface area contributed by atoms with Gasteiger partial charge in [-0.1, -0.05) is 54.5 Å². The Bertz CT molecular complexity index is 645. The normalized spacial score (nSPS) is 13.1. The lowest BCUT2D eigenvalue weighted by Gasteiger charge is -2.17. The van der Waals surface area contributed by atoms with Gasteiger partial charge < -0.3 is 0 Å². The van der Waals surface area contributed by atoms with Crippen LogP contribution in [0.4, 0.5) is 0 Å². The van der Waals surface area contributed by atoms with Crippen LogP contribution in [0.5, 0.6) is 0 Å². The molecule has 0 aliphatic heterocycles. The van der Waals surface area contributed by atoms with Crippen molar-refractivity contribution in [1.82, 2.24) is 9.97 Å². The Labute approximate surface area is 147 Å². The van der Waals surface area contributed by atoms with Gasteiger partial charge in [-0.3, -0.25) is 9.97 Å². The average Bonchev–Trinajstić information content (AvgIpc) is 2.54. The van der Waals surface area contributed by atoms with E-state index in [9.17, 15) is 0 Å². The Morgan fingerprint density at radius 1 is 0.708 bits per heavy atom. The molecular formula is C22H32N2. The van der Waals surface area contributed by atoms with Gasteiger partial charge >= 0.3 is 0 Å². The van der Waals surface area contributed by atoms with E-state index in [0.717, 1.165) is 6.42 Å². The number of hydrogen-bond acceptors (Lipinski definition) is 2. The van der Waals surface area contributed by atoms with Gasteiger partial charge in [-0.05, 0) is 58.9 Å². The summed E-state index contributed by atoms with van der Waals surface area (Å²) in [5.41, 5.74) is 6.42. The molecule has 2 heterocycles. The lowest BCUT2D eigenvalue weighted by atomic mass is 9.92. The molecule has 130 valence electrons. The van der Waals surface area contributed by atoms with Crippen molar-refractivity contribution >= 4 is 0 Å². The zero-order chi connectivity index (χ0) is 17.9. The van der Waals surface area contributed by atoms with Gasteiger partial charge in [0.15, 0.2) is 0 Å². The molecule has 0 bridgehead atoms. The number of hydrogen-bond donors (Lipinski definition) is 0. The molecular weight excluding hydrogens is 292 g/mol. The van der Waals surface area contributed by atoms with Gasteiger partial charge in [-0.15, -0.1) is 0 Å². The summed E-state index contributed by atoms with van der Waals surface area (Å²) in [6, 6.07) is 6.86. The maximum absolute atomic E-state index is 4.92. The lowest BCUT2D eigenvalue weighted by molar-refractivity contribution is 0.709. The van der Waals surface area contributed by atoms with Crippen molar-refractivity contribution in [3.63, 3.8) is 0 Å². The first kappa shape index (κ1) is 18.6. The Hall–Kier alpha value is -1.70. The van der Waals surface area contributed by atoms with E-state index in [4.69, 9.17) is 4.98 Å². The third kappa shape index (κ3) is 4.66. The molecule has 1 unspecified atom stereocenters. The Balaban J connectivity index is 2.28. The maximum atomic E-state index is 4.92. The SMILES string of the molecule is CC(C)c1cncc(C(C)Cc2cc(C(C)C)cc(C(C)C)n2)c1. The summed E-state index contributed by atoms with van der Waals surface area (Å²) in [6.07, 6.45) is 4.95. The molecule has 0 saturated carbocycles. The van der Waals surface area contributed by atoms with E-state index < -0.39 is 0 Å². The fourth-order valence-corrected chi connectivity index (χ4v) is 2.86. The van der Waals surface area contributed by atoms with Crippen molar-refractivity contribution in [3.05, 3.63) is 58.7 Å². The molecule has 0 aliphatic carbocycles. The second-order valence-corrected chi connectivity index (χ2v) is 7.94. The molecule has 2 rings (SSSR count). The summed E-state index contributed by atoms with van der Waals surface area (Å²) >= 11 is 0. The zero-order valence-corrected chi connectivity index (χ0v) is 16.3. The fraction of sp³-hybridized carbons (Fsp3) is 0.545. The molecule has 2 heteroatoms. The number of pyridine rings is 2. The molecule has 0 spiro atoms. The van der Waals surface area contributed by atoms with Crippen molar-refractivity contribution in [1.29, 1.82) is 0 Å². The Morgan fingerprint density at radius 2 is 1.33 bits per heavy atom. The minimum Gasteiger partial charge on any atom is -0.264 e. The molecule has 24 heavy (non-hydrogen) atoms. The molecule has 0 amide bonds. The highest BCUT2D eigenvalue weighted by Gasteiger charge is 2.13. The van der Waals surface area contributed by atoms with Crippen LogP contribution in [0.3, 0.4) is 0 Å². The van der Waals surface area contributed by atoms with Crippen LogP contribution in [-0.4, -0.2) is 9.97 Å². The van der Waals surface area contributed by atoms with Crippen LogP contribution in [0.15, 0.2) is 30.6 Å². The van der Waals surface area contributed by atoms with E-state index in [1.165, 1.54) is 28.1 Å². The summed E-state index contributed by atoms with van der Waals surface area (Å²) in [7, 11) is 0. The highest BCUT2D eigenvalue weighted by molar-refractivity contribution is 5.29. The van der Waals surface area contributed by atoms with Crippen LogP contribution < -0.4 is 0 Å². The fourth-order valence-electron chi connectivity index (χ4n) is 2.86. The van der Waals surface area contributed by atoms with Gasteiger partial charge in [0.05, 0.1) is 0 Å². The van der Waals surface area contributed by atoms with Crippen LogP contribution in [0.2, 0.25) is 0 Å². The first-order chi connectivity index (χ1) is 11.3. The third-order valence-corrected chi connectivity index (χ3v) is 4.71. The van der Waals surface area contributed by atoms with Crippen molar-refractivity contribution in [3.8, 4) is 0 Å². The first-order valence-electron chi connectivity index (χ1n) is 9.23. The second-order valence-electron chi connectivity index (χ2n) is 7.94. The van der Waals surface area contributed by atoms with E-state index in [-0.39, 0.29) is 0 Å². The summed E-state index contributed by atoms with van der Waals surface area (Å²) < 4.78 is 0. The molecule has 1 atom stereocenters. The Kier molecular flexibility index (Phi) is 6.15. The lowest BCUT2D eigenvalue weighted by Crippen LogP contribution is -2.06. The van der Waals surface area contributed by atoms with Crippen molar-refractivity contribution in [2.75, 3.05) is 0 Å². The smallest absolute Gasteiger partial charge is 0.0435 e. The van der Waals surface area contributed by atoms with Crippen LogP contribution in [0.25, 0.3) is 0 Å². The Morgan fingerprint density at radius 3 is 1.92 bits per heavy atom. The van der Waals surface area contributed by atoms with Gasteiger partial charge in [0, 0.05) is 23.8 Å². The summed E-state index contributed by atoms with van der Waals surface area (Å²) in [5, 5.41) is 0. The van der Waals surface area contributed by atoms with E-state index >= 15 is 0 Å². The largest absolute Gasteiger partial charge is 0.264 e. The van der Waals surface area contributed by atoms with E-state index in [1.807, 2.05) is 12.4 Å².